The third-order valence-electron chi connectivity index (χ3n) is 3.66. The van der Waals surface area contributed by atoms with E-state index in [2.05, 4.69) is 0 Å². The van der Waals surface area contributed by atoms with Crippen molar-refractivity contribution < 1.29 is 17.7 Å². The van der Waals surface area contributed by atoms with E-state index < -0.39 is 37.4 Å². The van der Waals surface area contributed by atoms with Crippen LogP contribution in [0.2, 0.25) is 0 Å². The topological polar surface area (TPSA) is 107 Å². The predicted octanol–water partition coefficient (Wildman–Crippen LogP) is 1.09. The van der Waals surface area contributed by atoms with E-state index in [9.17, 15) is 22.9 Å². The Morgan fingerprint density at radius 2 is 2.14 bits per heavy atom. The fourth-order valence-electron chi connectivity index (χ4n) is 2.33. The first-order valence-electron chi connectivity index (χ1n) is 6.41. The van der Waals surface area contributed by atoms with Gasteiger partial charge in [0.2, 0.25) is 15.8 Å². The number of nitro groups is 1. The smallest absolute Gasteiger partial charge is 0.324 e. The van der Waals surface area contributed by atoms with Crippen molar-refractivity contribution in [2.24, 2.45) is 11.7 Å². The second-order valence-corrected chi connectivity index (χ2v) is 6.97. The van der Waals surface area contributed by atoms with Gasteiger partial charge in [-0.2, -0.15) is 8.70 Å². The highest BCUT2D eigenvalue weighted by Gasteiger charge is 2.40. The van der Waals surface area contributed by atoms with Gasteiger partial charge in [0.05, 0.1) is 4.92 Å². The SMILES string of the molecule is CN(C(CN)C1CC1)S(=O)(=O)c1cccc(F)c1[N+](=O)[O-]. The number of nitrogens with zero attached hydrogens (tertiary/aromatic N) is 2. The summed E-state index contributed by atoms with van der Waals surface area (Å²) in [5, 5.41) is 11.0. The Morgan fingerprint density at radius 3 is 2.62 bits per heavy atom. The van der Waals surface area contributed by atoms with Crippen LogP contribution in [0.5, 0.6) is 0 Å². The van der Waals surface area contributed by atoms with Gasteiger partial charge >= 0.3 is 5.69 Å². The molecule has 0 bridgehead atoms. The number of nitro benzene ring substituents is 1. The third kappa shape index (κ3) is 2.89. The summed E-state index contributed by atoms with van der Waals surface area (Å²) in [6, 6.07) is 2.60. The van der Waals surface area contributed by atoms with Gasteiger partial charge in [-0.25, -0.2) is 8.42 Å². The van der Waals surface area contributed by atoms with E-state index in [1.54, 1.807) is 0 Å². The number of likely N-dealkylation sites (N-methyl/N-ethyl adjacent to an activating group) is 1. The number of hydrogen-bond acceptors (Lipinski definition) is 5. The summed E-state index contributed by atoms with van der Waals surface area (Å²) >= 11 is 0. The van der Waals surface area contributed by atoms with Crippen LogP contribution in [0, 0.1) is 21.8 Å². The van der Waals surface area contributed by atoms with Crippen molar-refractivity contribution in [1.82, 2.24) is 4.31 Å². The van der Waals surface area contributed by atoms with E-state index in [-0.39, 0.29) is 12.5 Å². The van der Waals surface area contributed by atoms with Crippen LogP contribution in [-0.4, -0.2) is 37.3 Å². The second-order valence-electron chi connectivity index (χ2n) is 5.01. The molecule has 0 saturated heterocycles. The first-order valence-corrected chi connectivity index (χ1v) is 7.85. The van der Waals surface area contributed by atoms with Gasteiger partial charge in [-0.1, -0.05) is 6.07 Å². The summed E-state index contributed by atoms with van der Waals surface area (Å²) < 4.78 is 39.7. The van der Waals surface area contributed by atoms with Crippen LogP contribution in [0.25, 0.3) is 0 Å². The molecule has 1 fully saturated rings. The molecule has 0 amide bonds. The molecule has 2 rings (SSSR count). The van der Waals surface area contributed by atoms with Crippen LogP contribution in [0.4, 0.5) is 10.1 Å². The van der Waals surface area contributed by atoms with Crippen molar-refractivity contribution in [1.29, 1.82) is 0 Å². The molecule has 1 aliphatic rings. The standard InChI is InChI=1S/C12H16FN3O4S/c1-15(10(7-14)8-5-6-8)21(19,20)11-4-2-3-9(13)12(11)16(17)18/h2-4,8,10H,5-7,14H2,1H3. The summed E-state index contributed by atoms with van der Waals surface area (Å²) in [6.07, 6.45) is 1.74. The number of para-hydroxylation sites is 1. The molecule has 1 saturated carbocycles. The maximum absolute atomic E-state index is 13.6. The van der Waals surface area contributed by atoms with E-state index in [1.807, 2.05) is 0 Å². The molecule has 0 aliphatic heterocycles. The Kier molecular flexibility index (Phi) is 4.26. The molecule has 1 unspecified atom stereocenters. The first-order chi connectivity index (χ1) is 9.80. The zero-order valence-corrected chi connectivity index (χ0v) is 12.2. The van der Waals surface area contributed by atoms with E-state index in [1.165, 1.54) is 7.05 Å². The van der Waals surface area contributed by atoms with E-state index in [0.717, 1.165) is 35.3 Å². The molecule has 116 valence electrons. The maximum atomic E-state index is 13.6. The number of sulfonamides is 1. The van der Waals surface area contributed by atoms with Crippen molar-refractivity contribution in [3.8, 4) is 0 Å². The number of rotatable bonds is 6. The van der Waals surface area contributed by atoms with Gasteiger partial charge in [-0.3, -0.25) is 10.1 Å². The average Bonchev–Trinajstić information content (AvgIpc) is 3.23. The molecular weight excluding hydrogens is 301 g/mol. The van der Waals surface area contributed by atoms with Crippen molar-refractivity contribution in [3.05, 3.63) is 34.1 Å². The number of halogens is 1. The largest absolute Gasteiger partial charge is 0.329 e. The summed E-state index contributed by atoms with van der Waals surface area (Å²) in [5.74, 6) is -1.02. The minimum absolute atomic E-state index is 0.115. The number of benzene rings is 1. The summed E-state index contributed by atoms with van der Waals surface area (Å²) in [6.45, 7) is 0.115. The van der Waals surface area contributed by atoms with Gasteiger partial charge in [-0.15, -0.1) is 0 Å². The van der Waals surface area contributed by atoms with E-state index in [0.29, 0.717) is 0 Å². The highest BCUT2D eigenvalue weighted by Crippen LogP contribution is 2.37. The highest BCUT2D eigenvalue weighted by molar-refractivity contribution is 7.89. The molecule has 1 aliphatic carbocycles. The molecule has 0 aromatic heterocycles. The van der Waals surface area contributed by atoms with Crippen molar-refractivity contribution in [2.75, 3.05) is 13.6 Å². The molecule has 0 heterocycles. The minimum atomic E-state index is -4.18. The monoisotopic (exact) mass is 317 g/mol. The van der Waals surface area contributed by atoms with Crippen LogP contribution >= 0.6 is 0 Å². The number of nitrogens with two attached hydrogens (primary N) is 1. The normalized spacial score (nSPS) is 17.0. The van der Waals surface area contributed by atoms with E-state index in [4.69, 9.17) is 5.73 Å². The average molecular weight is 317 g/mol. The lowest BCUT2D eigenvalue weighted by Crippen LogP contribution is -2.43. The molecule has 2 N–H and O–H groups in total. The molecule has 0 radical (unpaired) electrons. The fraction of sp³-hybridized carbons (Fsp3) is 0.500. The highest BCUT2D eigenvalue weighted by atomic mass is 32.2. The van der Waals surface area contributed by atoms with Gasteiger partial charge in [0.15, 0.2) is 4.90 Å². The molecule has 1 aromatic rings. The predicted molar refractivity (Wildman–Crippen MR) is 73.6 cm³/mol. The second kappa shape index (κ2) is 5.66. The van der Waals surface area contributed by atoms with Gasteiger partial charge in [0.25, 0.3) is 0 Å². The van der Waals surface area contributed by atoms with Crippen LogP contribution in [0.15, 0.2) is 23.1 Å². The molecular formula is C12H16FN3O4S. The number of hydrogen-bond donors (Lipinski definition) is 1. The zero-order valence-electron chi connectivity index (χ0n) is 11.4. The van der Waals surface area contributed by atoms with Crippen LogP contribution in [0.3, 0.4) is 0 Å². The lowest BCUT2D eigenvalue weighted by atomic mass is 10.2. The van der Waals surface area contributed by atoms with Crippen molar-refractivity contribution in [2.45, 2.75) is 23.8 Å². The molecule has 1 atom stereocenters. The minimum Gasteiger partial charge on any atom is -0.329 e. The lowest BCUT2D eigenvalue weighted by Gasteiger charge is -2.26. The van der Waals surface area contributed by atoms with E-state index >= 15 is 0 Å². The Bertz CT molecular complexity index is 660. The molecule has 0 spiro atoms. The molecule has 21 heavy (non-hydrogen) atoms. The zero-order chi connectivity index (χ0) is 15.8. The summed E-state index contributed by atoms with van der Waals surface area (Å²) in [4.78, 5) is 9.29. The van der Waals surface area contributed by atoms with Crippen LogP contribution < -0.4 is 5.73 Å². The quantitative estimate of drug-likeness (QED) is 0.624. The Labute approximate surface area is 121 Å². The maximum Gasteiger partial charge on any atom is 0.324 e. The fourth-order valence-corrected chi connectivity index (χ4v) is 3.92. The van der Waals surface area contributed by atoms with Crippen molar-refractivity contribution >= 4 is 15.7 Å². The van der Waals surface area contributed by atoms with Crippen LogP contribution in [0.1, 0.15) is 12.8 Å². The van der Waals surface area contributed by atoms with Gasteiger partial charge < -0.3 is 5.73 Å². The molecule has 1 aromatic carbocycles. The van der Waals surface area contributed by atoms with Gasteiger partial charge in [0, 0.05) is 19.6 Å². The Morgan fingerprint density at radius 1 is 1.52 bits per heavy atom. The Balaban J connectivity index is 2.49. The lowest BCUT2D eigenvalue weighted by molar-refractivity contribution is -0.390. The van der Waals surface area contributed by atoms with Gasteiger partial charge in [-0.05, 0) is 30.9 Å². The Hall–Kier alpha value is -1.58. The third-order valence-corrected chi connectivity index (χ3v) is 5.58. The summed E-state index contributed by atoms with van der Waals surface area (Å²) in [5.41, 5.74) is 4.57. The van der Waals surface area contributed by atoms with Crippen LogP contribution in [-0.2, 0) is 10.0 Å². The molecule has 9 heteroatoms. The van der Waals surface area contributed by atoms with Gasteiger partial charge in [0.1, 0.15) is 0 Å². The summed E-state index contributed by atoms with van der Waals surface area (Å²) in [7, 11) is -2.86. The first kappa shape index (κ1) is 15.8. The van der Waals surface area contributed by atoms with Crippen molar-refractivity contribution in [3.63, 3.8) is 0 Å². The molecule has 7 nitrogen and oxygen atoms in total.